The molecule has 0 aliphatic rings. The van der Waals surface area contributed by atoms with Gasteiger partial charge in [0.05, 0.1) is 0 Å². The van der Waals surface area contributed by atoms with Gasteiger partial charge >= 0.3 is 11.9 Å². The van der Waals surface area contributed by atoms with Crippen molar-refractivity contribution in [3.63, 3.8) is 0 Å². The molecule has 0 aromatic heterocycles. The number of hydrogen-bond acceptors (Lipinski definition) is 5. The first-order chi connectivity index (χ1) is 6.99. The van der Waals surface area contributed by atoms with Gasteiger partial charge in [0.15, 0.2) is 0 Å². The molecule has 0 heterocycles. The number of likely N-dealkylation sites (N-methyl/N-ethyl adjacent to an activating group) is 1. The van der Waals surface area contributed by atoms with Crippen LogP contribution in [0.15, 0.2) is 0 Å². The highest BCUT2D eigenvalue weighted by Crippen LogP contribution is 2.06. The van der Waals surface area contributed by atoms with Crippen LogP contribution in [-0.4, -0.2) is 52.8 Å². The Morgan fingerprint density at radius 2 is 2.00 bits per heavy atom. The normalized spacial score (nSPS) is 14.5. The van der Waals surface area contributed by atoms with Crippen LogP contribution in [0.1, 0.15) is 6.42 Å². The van der Waals surface area contributed by atoms with Crippen LogP contribution in [0, 0.1) is 0 Å². The number of carboxylic acids is 2. The number of nitrogens with one attached hydrogen (secondary N) is 1. The molecule has 7 heteroatoms. The molecular formula is C8H16N2O4S. The number of nitrogens with two attached hydrogens (primary N) is 1. The van der Waals surface area contributed by atoms with Gasteiger partial charge in [-0.05, 0) is 19.2 Å². The van der Waals surface area contributed by atoms with E-state index in [1.54, 1.807) is 7.05 Å². The number of hydrogen-bond donors (Lipinski definition) is 4. The van der Waals surface area contributed by atoms with E-state index in [0.717, 1.165) is 0 Å². The second kappa shape index (κ2) is 7.49. The molecule has 0 rings (SSSR count). The van der Waals surface area contributed by atoms with Crippen LogP contribution in [0.5, 0.6) is 0 Å². The van der Waals surface area contributed by atoms with Gasteiger partial charge in [-0.2, -0.15) is 11.8 Å². The number of thioether (sulfide) groups is 1. The average Bonchev–Trinajstić information content (AvgIpc) is 2.16. The largest absolute Gasteiger partial charge is 0.480 e. The topological polar surface area (TPSA) is 113 Å². The summed E-state index contributed by atoms with van der Waals surface area (Å²) in [6.45, 7) is 0. The van der Waals surface area contributed by atoms with Crippen molar-refractivity contribution in [2.45, 2.75) is 18.5 Å². The summed E-state index contributed by atoms with van der Waals surface area (Å²) < 4.78 is 0. The molecular weight excluding hydrogens is 220 g/mol. The second-order valence-corrected chi connectivity index (χ2v) is 4.14. The highest BCUT2D eigenvalue weighted by Gasteiger charge is 2.15. The van der Waals surface area contributed by atoms with Crippen LogP contribution >= 0.6 is 11.8 Å². The minimum atomic E-state index is -1.04. The number of carbonyl (C=O) groups is 2. The summed E-state index contributed by atoms with van der Waals surface area (Å²) in [5.74, 6) is -1.07. The van der Waals surface area contributed by atoms with E-state index in [1.807, 2.05) is 0 Å². The SMILES string of the molecule is CNC(CCSCC(N)C(=O)O)C(=O)O. The van der Waals surface area contributed by atoms with Crippen molar-refractivity contribution in [1.82, 2.24) is 5.32 Å². The Morgan fingerprint density at radius 1 is 1.40 bits per heavy atom. The van der Waals surface area contributed by atoms with Crippen molar-refractivity contribution < 1.29 is 19.8 Å². The van der Waals surface area contributed by atoms with Gasteiger partial charge in [0.2, 0.25) is 0 Å². The van der Waals surface area contributed by atoms with E-state index >= 15 is 0 Å². The van der Waals surface area contributed by atoms with Crippen molar-refractivity contribution >= 4 is 23.7 Å². The third kappa shape index (κ3) is 6.32. The zero-order valence-electron chi connectivity index (χ0n) is 8.47. The Morgan fingerprint density at radius 3 is 2.40 bits per heavy atom. The maximum atomic E-state index is 10.6. The molecule has 2 atom stereocenters. The third-order valence-corrected chi connectivity index (χ3v) is 2.93. The van der Waals surface area contributed by atoms with Gasteiger partial charge in [0, 0.05) is 5.75 Å². The lowest BCUT2D eigenvalue weighted by Gasteiger charge is -2.11. The van der Waals surface area contributed by atoms with Crippen molar-refractivity contribution in [2.24, 2.45) is 5.73 Å². The molecule has 0 saturated heterocycles. The lowest BCUT2D eigenvalue weighted by atomic mass is 10.2. The zero-order valence-corrected chi connectivity index (χ0v) is 9.29. The Hall–Kier alpha value is -0.790. The summed E-state index contributed by atoms with van der Waals surface area (Å²) in [7, 11) is 1.58. The van der Waals surface area contributed by atoms with Crippen molar-refractivity contribution in [3.8, 4) is 0 Å². The first kappa shape index (κ1) is 14.2. The van der Waals surface area contributed by atoms with Crippen LogP contribution in [0.4, 0.5) is 0 Å². The van der Waals surface area contributed by atoms with Crippen LogP contribution in [0.2, 0.25) is 0 Å². The highest BCUT2D eigenvalue weighted by molar-refractivity contribution is 7.99. The van der Waals surface area contributed by atoms with E-state index in [4.69, 9.17) is 15.9 Å². The molecule has 6 nitrogen and oxygen atoms in total. The van der Waals surface area contributed by atoms with Crippen LogP contribution in [0.25, 0.3) is 0 Å². The number of rotatable bonds is 8. The van der Waals surface area contributed by atoms with Crippen molar-refractivity contribution in [3.05, 3.63) is 0 Å². The lowest BCUT2D eigenvalue weighted by Crippen LogP contribution is -2.35. The molecule has 0 amide bonds. The quantitative estimate of drug-likeness (QED) is 0.408. The van der Waals surface area contributed by atoms with Crippen molar-refractivity contribution in [2.75, 3.05) is 18.6 Å². The van der Waals surface area contributed by atoms with Gasteiger partial charge < -0.3 is 21.3 Å². The fraction of sp³-hybridized carbons (Fsp3) is 0.750. The molecule has 88 valence electrons. The molecule has 0 aromatic carbocycles. The zero-order chi connectivity index (χ0) is 11.8. The first-order valence-electron chi connectivity index (χ1n) is 4.45. The minimum Gasteiger partial charge on any atom is -0.480 e. The standard InChI is InChI=1S/C8H16N2O4S/c1-10-6(8(13)14)2-3-15-4-5(9)7(11)12/h5-6,10H,2-4,9H2,1H3,(H,11,12)(H,13,14). The third-order valence-electron chi connectivity index (χ3n) is 1.81. The molecule has 0 aromatic rings. The van der Waals surface area contributed by atoms with Gasteiger partial charge in [-0.25, -0.2) is 0 Å². The smallest absolute Gasteiger partial charge is 0.321 e. The monoisotopic (exact) mass is 236 g/mol. The van der Waals surface area contributed by atoms with Gasteiger partial charge in [-0.3, -0.25) is 9.59 Å². The minimum absolute atomic E-state index is 0.297. The van der Waals surface area contributed by atoms with E-state index in [2.05, 4.69) is 5.32 Å². The van der Waals surface area contributed by atoms with Gasteiger partial charge in [0.1, 0.15) is 12.1 Å². The number of carboxylic acid groups (broad SMARTS) is 2. The molecule has 5 N–H and O–H groups in total. The average molecular weight is 236 g/mol. The molecule has 0 saturated carbocycles. The Bertz CT molecular complexity index is 225. The van der Waals surface area contributed by atoms with E-state index in [-0.39, 0.29) is 0 Å². The molecule has 0 aliphatic carbocycles. The van der Waals surface area contributed by atoms with E-state index < -0.39 is 24.0 Å². The highest BCUT2D eigenvalue weighted by atomic mass is 32.2. The maximum Gasteiger partial charge on any atom is 0.321 e. The molecule has 15 heavy (non-hydrogen) atoms. The molecule has 0 spiro atoms. The Balaban J connectivity index is 3.61. The molecule has 0 radical (unpaired) electrons. The molecule has 2 unspecified atom stereocenters. The van der Waals surface area contributed by atoms with Crippen LogP contribution in [-0.2, 0) is 9.59 Å². The Kier molecular flexibility index (Phi) is 7.10. The van der Waals surface area contributed by atoms with Crippen molar-refractivity contribution in [1.29, 1.82) is 0 Å². The first-order valence-corrected chi connectivity index (χ1v) is 5.60. The summed E-state index contributed by atoms with van der Waals surface area (Å²) in [4.78, 5) is 20.9. The predicted octanol–water partition coefficient (Wildman–Crippen LogP) is -0.806. The van der Waals surface area contributed by atoms with E-state index in [1.165, 1.54) is 11.8 Å². The summed E-state index contributed by atoms with van der Waals surface area (Å²) >= 11 is 1.34. The summed E-state index contributed by atoms with van der Waals surface area (Å²) in [5, 5.41) is 19.8. The van der Waals surface area contributed by atoms with Crippen LogP contribution < -0.4 is 11.1 Å². The fourth-order valence-corrected chi connectivity index (χ4v) is 1.84. The van der Waals surface area contributed by atoms with Crippen LogP contribution in [0.3, 0.4) is 0 Å². The predicted molar refractivity (Wildman–Crippen MR) is 58.0 cm³/mol. The number of aliphatic carboxylic acids is 2. The molecule has 0 bridgehead atoms. The van der Waals surface area contributed by atoms with Gasteiger partial charge in [-0.15, -0.1) is 0 Å². The summed E-state index contributed by atoms with van der Waals surface area (Å²) in [5.41, 5.74) is 5.27. The van der Waals surface area contributed by atoms with E-state index in [0.29, 0.717) is 17.9 Å². The summed E-state index contributed by atoms with van der Waals surface area (Å²) in [6, 6.07) is -1.47. The lowest BCUT2D eigenvalue weighted by molar-refractivity contribution is -0.139. The van der Waals surface area contributed by atoms with E-state index in [9.17, 15) is 9.59 Å². The summed E-state index contributed by atoms with van der Waals surface area (Å²) in [6.07, 6.45) is 0.447. The van der Waals surface area contributed by atoms with Gasteiger partial charge in [-0.1, -0.05) is 0 Å². The second-order valence-electron chi connectivity index (χ2n) is 2.99. The van der Waals surface area contributed by atoms with Gasteiger partial charge in [0.25, 0.3) is 0 Å². The molecule has 0 aliphatic heterocycles. The maximum absolute atomic E-state index is 10.6. The molecule has 0 fully saturated rings. The Labute approximate surface area is 92.2 Å². The fourth-order valence-electron chi connectivity index (χ4n) is 0.874.